The summed E-state index contributed by atoms with van der Waals surface area (Å²) in [6, 6.07) is 37.7. The number of hydrogen-bond acceptors (Lipinski definition) is 5. The first kappa shape index (κ1) is 35.4. The molecule has 49 heavy (non-hydrogen) atoms. The number of amides is 2. The molecule has 0 radical (unpaired) electrons. The van der Waals surface area contributed by atoms with Crippen LogP contribution in [0, 0.1) is 0 Å². The molecule has 4 aromatic rings. The van der Waals surface area contributed by atoms with Crippen LogP contribution in [0.15, 0.2) is 114 Å². The van der Waals surface area contributed by atoms with E-state index in [1.807, 2.05) is 29.2 Å². The fraction of sp³-hybridized carbons (Fsp3) is 0.375. The molecule has 2 saturated heterocycles. The highest BCUT2D eigenvalue weighted by molar-refractivity contribution is 9.10. The topological polar surface area (TPSA) is 80.1 Å². The van der Waals surface area contributed by atoms with E-state index < -0.39 is 13.9 Å². The van der Waals surface area contributed by atoms with Crippen molar-refractivity contribution in [3.63, 3.8) is 0 Å². The monoisotopic (exact) mass is 740 g/mol. The minimum absolute atomic E-state index is 0.0678. The number of hydrogen-bond donors (Lipinski definition) is 2. The van der Waals surface area contributed by atoms with Crippen molar-refractivity contribution in [2.24, 2.45) is 5.73 Å². The Bertz CT molecular complexity index is 1650. The summed E-state index contributed by atoms with van der Waals surface area (Å²) < 4.78 is 14.0. The average Bonchev–Trinajstić information content (AvgIpc) is 3.10. The Hall–Kier alpha value is -3.47. The van der Waals surface area contributed by atoms with E-state index in [4.69, 9.17) is 14.9 Å². The van der Waals surface area contributed by atoms with E-state index in [9.17, 15) is 4.79 Å². The fourth-order valence-electron chi connectivity index (χ4n) is 8.19. The van der Waals surface area contributed by atoms with Crippen LogP contribution in [0.25, 0.3) is 0 Å². The van der Waals surface area contributed by atoms with Crippen LogP contribution in [0.3, 0.4) is 0 Å². The molecule has 0 bridgehead atoms. The molecule has 4 aromatic carbocycles. The second-order valence-corrected chi connectivity index (χ2v) is 19.6. The molecule has 7 nitrogen and oxygen atoms in total. The number of nitrogens with zero attached hydrogens (tertiary/aromatic N) is 2. The molecule has 2 aliphatic rings. The van der Waals surface area contributed by atoms with Gasteiger partial charge in [0, 0.05) is 41.8 Å². The Labute approximate surface area is 301 Å². The zero-order valence-corrected chi connectivity index (χ0v) is 31.7. The molecule has 0 spiro atoms. The Morgan fingerprint density at radius 3 is 2.04 bits per heavy atom. The largest absolute Gasteiger partial charge is 0.497 e. The van der Waals surface area contributed by atoms with Crippen molar-refractivity contribution in [3.8, 4) is 5.75 Å². The van der Waals surface area contributed by atoms with Gasteiger partial charge >= 0.3 is 6.03 Å². The van der Waals surface area contributed by atoms with Crippen LogP contribution in [0.2, 0.25) is 5.04 Å². The standard InChI is InChI=1S/C40H49BrN4O3Si/c1-39(2,3)49(34-13-7-5-8-14-34,35-15-9-6-10-16-35)48-29-40(28-42)37(30-17-19-31(41)20-18-30)36-27-44(25-11-12-26-45(36)40)38(46)43-32-21-23-33(47-4)24-22-32/h5-10,13-24,36-37H,11-12,25-29,42H2,1-4H3,(H,43,46)/t36-,37+,40-/m0/s1. The molecule has 0 saturated carbocycles. The van der Waals surface area contributed by atoms with Crippen LogP contribution < -0.4 is 26.2 Å². The maximum absolute atomic E-state index is 13.8. The highest BCUT2D eigenvalue weighted by atomic mass is 79.9. The molecule has 0 unspecified atom stereocenters. The number of ether oxygens (including phenoxy) is 1. The lowest BCUT2D eigenvalue weighted by Gasteiger charge is -2.66. The Kier molecular flexibility index (Phi) is 10.7. The first-order chi connectivity index (χ1) is 23.6. The van der Waals surface area contributed by atoms with E-state index in [1.165, 1.54) is 15.9 Å². The van der Waals surface area contributed by atoms with Crippen molar-refractivity contribution in [1.29, 1.82) is 0 Å². The summed E-state index contributed by atoms with van der Waals surface area (Å²) in [5.41, 5.74) is 8.46. The number of nitrogens with one attached hydrogen (secondary N) is 1. The molecule has 0 aromatic heterocycles. The molecule has 2 fully saturated rings. The summed E-state index contributed by atoms with van der Waals surface area (Å²) in [4.78, 5) is 18.3. The maximum atomic E-state index is 13.8. The third kappa shape index (κ3) is 6.84. The molecule has 3 atom stereocenters. The SMILES string of the molecule is COc1ccc(NC(=O)N2CCCCN3[C@@H](C2)[C@@H](c2ccc(Br)cc2)[C@]3(CN)CO[Si](c2ccccc2)(c2ccccc2)C(C)(C)C)cc1. The molecular weight excluding hydrogens is 692 g/mol. The normalized spacial score (nSPS) is 21.6. The Morgan fingerprint density at radius 1 is 0.898 bits per heavy atom. The van der Waals surface area contributed by atoms with E-state index in [1.54, 1.807) is 7.11 Å². The Morgan fingerprint density at radius 2 is 1.49 bits per heavy atom. The van der Waals surface area contributed by atoms with Crippen molar-refractivity contribution < 1.29 is 14.0 Å². The van der Waals surface area contributed by atoms with Gasteiger partial charge in [0.05, 0.1) is 19.3 Å². The molecule has 3 N–H and O–H groups in total. The second-order valence-electron chi connectivity index (χ2n) is 14.4. The van der Waals surface area contributed by atoms with E-state index >= 15 is 0 Å². The number of halogens is 1. The van der Waals surface area contributed by atoms with Crippen molar-refractivity contribution in [2.75, 3.05) is 45.2 Å². The molecule has 2 aliphatic heterocycles. The third-order valence-corrected chi connectivity index (χ3v) is 16.1. The van der Waals surface area contributed by atoms with E-state index in [0.717, 1.165) is 35.3 Å². The van der Waals surface area contributed by atoms with E-state index in [2.05, 4.69) is 132 Å². The Balaban J connectivity index is 1.37. The lowest BCUT2D eigenvalue weighted by molar-refractivity contribution is -0.128. The highest BCUT2D eigenvalue weighted by Gasteiger charge is 2.62. The van der Waals surface area contributed by atoms with Gasteiger partial charge in [-0.1, -0.05) is 109 Å². The minimum atomic E-state index is -2.83. The first-order valence-electron chi connectivity index (χ1n) is 17.3. The number of carbonyl (C=O) groups excluding carboxylic acids is 1. The lowest BCUT2D eigenvalue weighted by Crippen LogP contribution is -2.80. The number of fused-ring (bicyclic) bond motifs is 1. The summed E-state index contributed by atoms with van der Waals surface area (Å²) >= 11 is 3.65. The predicted molar refractivity (Wildman–Crippen MR) is 206 cm³/mol. The number of rotatable bonds is 9. The molecular formula is C40H49BrN4O3Si. The van der Waals surface area contributed by atoms with Crippen LogP contribution in [0.5, 0.6) is 5.75 Å². The van der Waals surface area contributed by atoms with Gasteiger partial charge in [-0.15, -0.1) is 0 Å². The number of methoxy groups -OCH3 is 1. The number of nitrogens with two attached hydrogens (primary N) is 1. The van der Waals surface area contributed by atoms with Gasteiger partial charge in [-0.25, -0.2) is 4.79 Å². The quantitative estimate of drug-likeness (QED) is 0.184. The van der Waals surface area contributed by atoms with Gasteiger partial charge < -0.3 is 25.1 Å². The summed E-state index contributed by atoms with van der Waals surface area (Å²) in [6.45, 7) is 10.1. The number of benzene rings is 4. The predicted octanol–water partition coefficient (Wildman–Crippen LogP) is 6.83. The van der Waals surface area contributed by atoms with Crippen molar-refractivity contribution in [1.82, 2.24) is 9.80 Å². The van der Waals surface area contributed by atoms with Gasteiger partial charge in [0.15, 0.2) is 0 Å². The first-order valence-corrected chi connectivity index (χ1v) is 20.0. The molecule has 258 valence electrons. The maximum Gasteiger partial charge on any atom is 0.321 e. The van der Waals surface area contributed by atoms with Crippen LogP contribution in [0.4, 0.5) is 10.5 Å². The van der Waals surface area contributed by atoms with Crippen LogP contribution >= 0.6 is 15.9 Å². The molecule has 6 rings (SSSR count). The zero-order chi connectivity index (χ0) is 34.6. The number of anilines is 1. The van der Waals surface area contributed by atoms with Crippen LogP contribution in [0.1, 0.15) is 45.1 Å². The summed E-state index contributed by atoms with van der Waals surface area (Å²) in [6.07, 6.45) is 1.88. The van der Waals surface area contributed by atoms with Gasteiger partial charge in [-0.05, 0) is 76.8 Å². The highest BCUT2D eigenvalue weighted by Crippen LogP contribution is 2.51. The molecule has 9 heteroatoms. The van der Waals surface area contributed by atoms with E-state index in [-0.39, 0.29) is 23.0 Å². The number of urea groups is 1. The lowest BCUT2D eigenvalue weighted by atomic mass is 9.64. The van der Waals surface area contributed by atoms with Crippen LogP contribution in [-0.2, 0) is 4.43 Å². The van der Waals surface area contributed by atoms with Crippen molar-refractivity contribution in [3.05, 3.63) is 119 Å². The molecule has 2 heterocycles. The fourth-order valence-corrected chi connectivity index (χ4v) is 13.1. The summed E-state index contributed by atoms with van der Waals surface area (Å²) in [5.74, 6) is 0.823. The van der Waals surface area contributed by atoms with Crippen molar-refractivity contribution >= 4 is 46.3 Å². The van der Waals surface area contributed by atoms with Gasteiger partial charge in [-0.2, -0.15) is 0 Å². The smallest absolute Gasteiger partial charge is 0.321 e. The van der Waals surface area contributed by atoms with Gasteiger partial charge in [0.2, 0.25) is 0 Å². The van der Waals surface area contributed by atoms with Gasteiger partial charge in [-0.3, -0.25) is 4.90 Å². The number of carbonyl (C=O) groups is 1. The van der Waals surface area contributed by atoms with E-state index in [0.29, 0.717) is 26.2 Å². The van der Waals surface area contributed by atoms with Crippen LogP contribution in [-0.4, -0.2) is 75.6 Å². The zero-order valence-electron chi connectivity index (χ0n) is 29.1. The molecule has 0 aliphatic carbocycles. The second kappa shape index (κ2) is 14.8. The van der Waals surface area contributed by atoms with Gasteiger partial charge in [0.25, 0.3) is 8.32 Å². The molecule has 2 amide bonds. The minimum Gasteiger partial charge on any atom is -0.497 e. The summed E-state index contributed by atoms with van der Waals surface area (Å²) in [5, 5.41) is 5.48. The average molecular weight is 742 g/mol. The van der Waals surface area contributed by atoms with Gasteiger partial charge in [0.1, 0.15) is 5.75 Å². The van der Waals surface area contributed by atoms with Crippen molar-refractivity contribution in [2.45, 2.75) is 56.1 Å². The summed E-state index contributed by atoms with van der Waals surface area (Å²) in [7, 11) is -1.19. The third-order valence-electron chi connectivity index (χ3n) is 10.6.